The Hall–Kier alpha value is -0.0400. The fraction of sp³-hybridized carbons (Fsp3) is 1.00. The second-order valence-corrected chi connectivity index (χ2v) is 4.21. The highest BCUT2D eigenvalue weighted by molar-refractivity contribution is 4.78. The topological polar surface area (TPSA) is 3.24 Å². The van der Waals surface area contributed by atoms with Crippen molar-refractivity contribution >= 4 is 0 Å². The van der Waals surface area contributed by atoms with Crippen LogP contribution in [0, 0.1) is 5.92 Å². The Morgan fingerprint density at radius 3 is 2.75 bits per heavy atom. The molecule has 0 aromatic heterocycles. The predicted octanol–water partition coefficient (Wildman–Crippen LogP) is 2.91. The minimum atomic E-state index is 0.886. The minimum absolute atomic E-state index is 0.886. The number of hydrogen-bond acceptors (Lipinski definition) is 1. The fourth-order valence-electron chi connectivity index (χ4n) is 2.13. The van der Waals surface area contributed by atoms with Crippen molar-refractivity contribution in [3.05, 3.63) is 0 Å². The van der Waals surface area contributed by atoms with Crippen molar-refractivity contribution in [3.8, 4) is 0 Å². The van der Waals surface area contributed by atoms with E-state index in [0.717, 1.165) is 12.0 Å². The fourth-order valence-corrected chi connectivity index (χ4v) is 2.13. The zero-order valence-electron chi connectivity index (χ0n) is 8.84. The largest absolute Gasteiger partial charge is 0.300 e. The van der Waals surface area contributed by atoms with Crippen molar-refractivity contribution < 1.29 is 0 Å². The van der Waals surface area contributed by atoms with Crippen LogP contribution in [-0.4, -0.2) is 24.0 Å². The van der Waals surface area contributed by atoms with Crippen molar-refractivity contribution in [2.45, 2.75) is 52.5 Å². The van der Waals surface area contributed by atoms with E-state index in [-0.39, 0.29) is 0 Å². The smallest absolute Gasteiger partial charge is 0.00932 e. The van der Waals surface area contributed by atoms with E-state index in [0.29, 0.717) is 0 Å². The van der Waals surface area contributed by atoms with Crippen LogP contribution in [0.15, 0.2) is 0 Å². The molecule has 0 aliphatic carbocycles. The van der Waals surface area contributed by atoms with Crippen LogP contribution in [0.4, 0.5) is 0 Å². The van der Waals surface area contributed by atoms with Crippen LogP contribution in [0.3, 0.4) is 0 Å². The molecule has 0 bridgehead atoms. The molecule has 1 fully saturated rings. The van der Waals surface area contributed by atoms with Gasteiger partial charge in [0.05, 0.1) is 0 Å². The first kappa shape index (κ1) is 10.0. The van der Waals surface area contributed by atoms with E-state index in [1.807, 2.05) is 0 Å². The molecular weight excluding hydrogens is 146 g/mol. The first-order valence-corrected chi connectivity index (χ1v) is 5.52. The van der Waals surface area contributed by atoms with Gasteiger partial charge in [-0.15, -0.1) is 0 Å². The summed E-state index contributed by atoms with van der Waals surface area (Å²) in [6, 6.07) is 0.902. The molecule has 2 unspecified atom stereocenters. The zero-order chi connectivity index (χ0) is 8.97. The molecule has 1 saturated heterocycles. The van der Waals surface area contributed by atoms with Crippen LogP contribution < -0.4 is 0 Å². The Kier molecular flexibility index (Phi) is 4.07. The van der Waals surface area contributed by atoms with Crippen LogP contribution in [0.25, 0.3) is 0 Å². The van der Waals surface area contributed by atoms with Crippen LogP contribution >= 0.6 is 0 Å². The van der Waals surface area contributed by atoms with E-state index in [1.54, 1.807) is 0 Å². The summed E-state index contributed by atoms with van der Waals surface area (Å²) >= 11 is 0. The lowest BCUT2D eigenvalue weighted by Gasteiger charge is -2.25. The summed E-state index contributed by atoms with van der Waals surface area (Å²) in [5.74, 6) is 0.886. The lowest BCUT2D eigenvalue weighted by Crippen LogP contribution is -2.32. The van der Waals surface area contributed by atoms with Gasteiger partial charge in [0.1, 0.15) is 0 Å². The maximum Gasteiger partial charge on any atom is 0.00932 e. The summed E-state index contributed by atoms with van der Waals surface area (Å²) < 4.78 is 0. The van der Waals surface area contributed by atoms with Gasteiger partial charge in [0.15, 0.2) is 0 Å². The van der Waals surface area contributed by atoms with Crippen molar-refractivity contribution in [2.24, 2.45) is 5.92 Å². The summed E-state index contributed by atoms with van der Waals surface area (Å²) in [4.78, 5) is 2.69. The third kappa shape index (κ3) is 2.48. The highest BCUT2D eigenvalue weighted by Crippen LogP contribution is 2.21. The van der Waals surface area contributed by atoms with Gasteiger partial charge < -0.3 is 4.90 Å². The second kappa shape index (κ2) is 4.86. The number of nitrogens with zero attached hydrogens (tertiary/aromatic N) is 1. The average molecular weight is 169 g/mol. The maximum atomic E-state index is 2.69. The number of likely N-dealkylation sites (tertiary alicyclic amines) is 1. The molecule has 0 aromatic carbocycles. The van der Waals surface area contributed by atoms with E-state index in [1.165, 1.54) is 38.8 Å². The Labute approximate surface area is 77.1 Å². The number of hydrogen-bond donors (Lipinski definition) is 0. The molecule has 0 N–H and O–H groups in total. The van der Waals surface area contributed by atoms with Gasteiger partial charge in [-0.25, -0.2) is 0 Å². The van der Waals surface area contributed by atoms with Crippen LogP contribution in [-0.2, 0) is 0 Å². The Balaban J connectivity index is 2.30. The third-order valence-electron chi connectivity index (χ3n) is 3.21. The van der Waals surface area contributed by atoms with E-state index < -0.39 is 0 Å². The van der Waals surface area contributed by atoms with Gasteiger partial charge in [0.2, 0.25) is 0 Å². The Morgan fingerprint density at radius 1 is 1.42 bits per heavy atom. The van der Waals surface area contributed by atoms with E-state index >= 15 is 0 Å². The van der Waals surface area contributed by atoms with Gasteiger partial charge in [0, 0.05) is 12.6 Å². The van der Waals surface area contributed by atoms with Crippen molar-refractivity contribution in [1.82, 2.24) is 4.90 Å². The molecule has 1 nitrogen and oxygen atoms in total. The van der Waals surface area contributed by atoms with Gasteiger partial charge in [-0.2, -0.15) is 0 Å². The predicted molar refractivity (Wildman–Crippen MR) is 54.3 cm³/mol. The Morgan fingerprint density at radius 2 is 2.17 bits per heavy atom. The maximum absolute atomic E-state index is 2.69. The van der Waals surface area contributed by atoms with E-state index in [4.69, 9.17) is 0 Å². The van der Waals surface area contributed by atoms with E-state index in [2.05, 4.69) is 25.7 Å². The first-order chi connectivity index (χ1) is 5.77. The van der Waals surface area contributed by atoms with Crippen LogP contribution in [0.2, 0.25) is 0 Å². The molecule has 1 aliphatic rings. The molecule has 0 aromatic rings. The lowest BCUT2D eigenvalue weighted by atomic mass is 10.1. The second-order valence-electron chi connectivity index (χ2n) is 4.21. The lowest BCUT2D eigenvalue weighted by molar-refractivity contribution is 0.213. The molecule has 1 heteroatoms. The highest BCUT2D eigenvalue weighted by atomic mass is 15.2. The Bertz CT molecular complexity index is 122. The van der Waals surface area contributed by atoms with Crippen molar-refractivity contribution in [1.29, 1.82) is 0 Å². The molecular formula is C11H23N. The molecule has 0 saturated carbocycles. The van der Waals surface area contributed by atoms with Gasteiger partial charge in [0.25, 0.3) is 0 Å². The van der Waals surface area contributed by atoms with Gasteiger partial charge in [-0.05, 0) is 31.7 Å². The standard InChI is InChI=1S/C11H23N/c1-4-10(3)9-12-8-6-7-11(12)5-2/h10-11H,4-9H2,1-3H3. The molecule has 0 radical (unpaired) electrons. The molecule has 12 heavy (non-hydrogen) atoms. The first-order valence-electron chi connectivity index (χ1n) is 5.52. The summed E-state index contributed by atoms with van der Waals surface area (Å²) in [5.41, 5.74) is 0. The summed E-state index contributed by atoms with van der Waals surface area (Å²) in [6.07, 6.45) is 5.53. The summed E-state index contributed by atoms with van der Waals surface area (Å²) in [6.45, 7) is 9.66. The van der Waals surface area contributed by atoms with Crippen molar-refractivity contribution in [3.63, 3.8) is 0 Å². The van der Waals surface area contributed by atoms with Gasteiger partial charge in [-0.3, -0.25) is 0 Å². The monoisotopic (exact) mass is 169 g/mol. The normalized spacial score (nSPS) is 27.8. The molecule has 1 heterocycles. The van der Waals surface area contributed by atoms with Gasteiger partial charge in [-0.1, -0.05) is 27.2 Å². The summed E-state index contributed by atoms with van der Waals surface area (Å²) in [7, 11) is 0. The SMILES string of the molecule is CCC(C)CN1CCCC1CC. The van der Waals surface area contributed by atoms with Crippen LogP contribution in [0.1, 0.15) is 46.5 Å². The molecule has 72 valence electrons. The molecule has 1 rings (SSSR count). The third-order valence-corrected chi connectivity index (χ3v) is 3.21. The van der Waals surface area contributed by atoms with Crippen molar-refractivity contribution in [2.75, 3.05) is 13.1 Å². The molecule has 0 amide bonds. The molecule has 0 spiro atoms. The van der Waals surface area contributed by atoms with Gasteiger partial charge >= 0.3 is 0 Å². The van der Waals surface area contributed by atoms with Crippen LogP contribution in [0.5, 0.6) is 0 Å². The summed E-state index contributed by atoms with van der Waals surface area (Å²) in [5, 5.41) is 0. The number of rotatable bonds is 4. The quantitative estimate of drug-likeness (QED) is 0.625. The molecule has 1 aliphatic heterocycles. The minimum Gasteiger partial charge on any atom is -0.300 e. The molecule has 2 atom stereocenters. The van der Waals surface area contributed by atoms with E-state index in [9.17, 15) is 0 Å². The highest BCUT2D eigenvalue weighted by Gasteiger charge is 2.23. The average Bonchev–Trinajstić information content (AvgIpc) is 2.51. The zero-order valence-corrected chi connectivity index (χ0v) is 8.84.